The summed E-state index contributed by atoms with van der Waals surface area (Å²) in [6.45, 7) is 10.6. The quantitative estimate of drug-likeness (QED) is 0.0624. The number of esters is 2. The van der Waals surface area contributed by atoms with E-state index in [1.165, 1.54) is 0 Å². The lowest BCUT2D eigenvalue weighted by molar-refractivity contribution is -0.141. The maximum atomic E-state index is 11.7. The van der Waals surface area contributed by atoms with Crippen LogP contribution in [0.15, 0.2) is 104 Å². The number of aliphatic hydroxyl groups is 2. The molecule has 0 bridgehead atoms. The van der Waals surface area contributed by atoms with Gasteiger partial charge in [0, 0.05) is 5.56 Å². The number of rotatable bonds is 21. The van der Waals surface area contributed by atoms with Gasteiger partial charge in [0.25, 0.3) is 0 Å². The topological polar surface area (TPSA) is 121 Å². The van der Waals surface area contributed by atoms with Crippen molar-refractivity contribution < 1.29 is 43.5 Å². The first-order chi connectivity index (χ1) is 22.4. The Morgan fingerprint density at radius 2 is 1.20 bits per heavy atom. The molecule has 0 amide bonds. The van der Waals surface area contributed by atoms with Crippen LogP contribution in [0.1, 0.15) is 25.7 Å². The van der Waals surface area contributed by atoms with Crippen LogP contribution in [-0.4, -0.2) is 68.4 Å². The van der Waals surface area contributed by atoms with Crippen LogP contribution >= 0.6 is 0 Å². The predicted octanol–water partition coefficient (Wildman–Crippen LogP) is 6.09. The fourth-order valence-corrected chi connectivity index (χ4v) is 4.25. The van der Waals surface area contributed by atoms with E-state index in [-0.39, 0.29) is 37.6 Å². The third-order valence-electron chi connectivity index (χ3n) is 6.73. The van der Waals surface area contributed by atoms with Crippen LogP contribution in [0, 0.1) is 0 Å². The Morgan fingerprint density at radius 3 is 1.78 bits per heavy atom. The molecule has 0 fully saturated rings. The van der Waals surface area contributed by atoms with E-state index in [1.54, 1.807) is 0 Å². The van der Waals surface area contributed by atoms with E-state index >= 15 is 0 Å². The summed E-state index contributed by atoms with van der Waals surface area (Å²) in [6, 6.07) is 21.2. The summed E-state index contributed by atoms with van der Waals surface area (Å²) in [5, 5.41) is 18.0. The molecule has 2 N–H and O–H groups in total. The zero-order valence-corrected chi connectivity index (χ0v) is 26.1. The van der Waals surface area contributed by atoms with Crippen molar-refractivity contribution in [2.45, 2.75) is 25.7 Å². The van der Waals surface area contributed by atoms with E-state index in [4.69, 9.17) is 33.9 Å². The molecule has 0 unspecified atom stereocenters. The average molecular weight is 631 g/mol. The SMILES string of the molecule is C=CCCCCCOc1cc(-c2cccc(OCCOC(=O)C(=C)CO)c2)ccc1-c1cccc(OCCOC(=O)C(=C)CO)c1. The van der Waals surface area contributed by atoms with E-state index in [9.17, 15) is 9.59 Å². The monoisotopic (exact) mass is 630 g/mol. The van der Waals surface area contributed by atoms with Gasteiger partial charge in [0.15, 0.2) is 0 Å². The van der Waals surface area contributed by atoms with Gasteiger partial charge in [-0.2, -0.15) is 0 Å². The fraction of sp³-hybridized carbons (Fsp3) is 0.297. The number of hydrogen-bond donors (Lipinski definition) is 2. The van der Waals surface area contributed by atoms with Gasteiger partial charge in [-0.05, 0) is 72.7 Å². The molecule has 0 spiro atoms. The van der Waals surface area contributed by atoms with E-state index in [0.29, 0.717) is 18.1 Å². The lowest BCUT2D eigenvalue weighted by Gasteiger charge is -2.15. The highest BCUT2D eigenvalue weighted by Crippen LogP contribution is 2.36. The molecule has 9 heteroatoms. The molecular formula is C37H42O9. The minimum absolute atomic E-state index is 0.0102. The van der Waals surface area contributed by atoms with Gasteiger partial charge >= 0.3 is 11.9 Å². The molecule has 0 aliphatic carbocycles. The molecule has 0 aliphatic heterocycles. The molecule has 3 aromatic carbocycles. The summed E-state index contributed by atoms with van der Waals surface area (Å²) in [6.07, 6.45) is 5.89. The van der Waals surface area contributed by atoms with Gasteiger partial charge in [-0.25, -0.2) is 9.59 Å². The maximum absolute atomic E-state index is 11.7. The van der Waals surface area contributed by atoms with Crippen LogP contribution in [0.5, 0.6) is 17.2 Å². The Bertz CT molecular complexity index is 1480. The normalized spacial score (nSPS) is 10.5. The summed E-state index contributed by atoms with van der Waals surface area (Å²) in [5.74, 6) is 0.619. The van der Waals surface area contributed by atoms with Crippen molar-refractivity contribution in [3.63, 3.8) is 0 Å². The van der Waals surface area contributed by atoms with Crippen LogP contribution < -0.4 is 14.2 Å². The third-order valence-corrected chi connectivity index (χ3v) is 6.73. The number of carbonyl (C=O) groups is 2. The number of allylic oxidation sites excluding steroid dienone is 1. The molecule has 0 aromatic heterocycles. The number of hydrogen-bond acceptors (Lipinski definition) is 9. The molecule has 0 aliphatic rings. The van der Waals surface area contributed by atoms with E-state index < -0.39 is 25.2 Å². The first kappa shape index (κ1) is 35.6. The van der Waals surface area contributed by atoms with Crippen LogP contribution in [0.25, 0.3) is 22.3 Å². The van der Waals surface area contributed by atoms with Crippen LogP contribution in [0.3, 0.4) is 0 Å². The van der Waals surface area contributed by atoms with Crippen molar-refractivity contribution in [3.8, 4) is 39.5 Å². The number of unbranched alkanes of at least 4 members (excludes halogenated alkanes) is 3. The minimum Gasteiger partial charge on any atom is -0.493 e. The summed E-state index contributed by atoms with van der Waals surface area (Å²) >= 11 is 0. The molecule has 0 heterocycles. The lowest BCUT2D eigenvalue weighted by Crippen LogP contribution is -2.15. The molecule has 46 heavy (non-hydrogen) atoms. The smallest absolute Gasteiger partial charge is 0.335 e. The number of benzene rings is 3. The highest BCUT2D eigenvalue weighted by molar-refractivity contribution is 5.88. The van der Waals surface area contributed by atoms with Crippen LogP contribution in [-0.2, 0) is 19.1 Å². The van der Waals surface area contributed by atoms with Crippen LogP contribution in [0.2, 0.25) is 0 Å². The van der Waals surface area contributed by atoms with Crippen molar-refractivity contribution in [2.75, 3.05) is 46.2 Å². The predicted molar refractivity (Wildman–Crippen MR) is 177 cm³/mol. The highest BCUT2D eigenvalue weighted by atomic mass is 16.6. The maximum Gasteiger partial charge on any atom is 0.335 e. The second kappa shape index (κ2) is 19.5. The molecule has 0 saturated heterocycles. The van der Waals surface area contributed by atoms with Gasteiger partial charge in [0.1, 0.15) is 43.7 Å². The molecule has 3 rings (SSSR count). The van der Waals surface area contributed by atoms with E-state index in [1.807, 2.05) is 72.8 Å². The Hall–Kier alpha value is -4.86. The van der Waals surface area contributed by atoms with Gasteiger partial charge < -0.3 is 33.9 Å². The van der Waals surface area contributed by atoms with Crippen molar-refractivity contribution >= 4 is 11.9 Å². The van der Waals surface area contributed by atoms with E-state index in [0.717, 1.165) is 53.7 Å². The van der Waals surface area contributed by atoms with Crippen LogP contribution in [0.4, 0.5) is 0 Å². The van der Waals surface area contributed by atoms with Crippen molar-refractivity contribution in [1.29, 1.82) is 0 Å². The first-order valence-corrected chi connectivity index (χ1v) is 15.1. The standard InChI is InChI=1S/C37H42O9/c1-4-5-6-7-8-17-44-35-24-30(29-11-9-13-32(22-29)42-18-20-45-36(40)27(2)25-38)15-16-34(35)31-12-10-14-33(23-31)43-19-21-46-37(41)28(3)26-39/h4,9-16,22-24,38-39H,1-3,5-8,17-21,25-26H2. The second-order valence-electron chi connectivity index (χ2n) is 10.2. The largest absolute Gasteiger partial charge is 0.493 e. The van der Waals surface area contributed by atoms with Crippen molar-refractivity contribution in [1.82, 2.24) is 0 Å². The summed E-state index contributed by atoms with van der Waals surface area (Å²) in [5.41, 5.74) is 3.62. The lowest BCUT2D eigenvalue weighted by atomic mass is 9.98. The zero-order chi connectivity index (χ0) is 33.1. The number of carbonyl (C=O) groups excluding carboxylic acids is 2. The number of ether oxygens (including phenoxy) is 5. The minimum atomic E-state index is -0.658. The first-order valence-electron chi connectivity index (χ1n) is 15.1. The zero-order valence-electron chi connectivity index (χ0n) is 26.1. The molecule has 9 nitrogen and oxygen atoms in total. The van der Waals surface area contributed by atoms with Crippen molar-refractivity contribution in [3.05, 3.63) is 104 Å². The summed E-state index contributed by atoms with van der Waals surface area (Å²) < 4.78 is 28.0. The molecular weight excluding hydrogens is 588 g/mol. The fourth-order valence-electron chi connectivity index (χ4n) is 4.25. The van der Waals surface area contributed by atoms with Gasteiger partial charge in [0.2, 0.25) is 0 Å². The summed E-state index contributed by atoms with van der Waals surface area (Å²) in [4.78, 5) is 23.4. The molecule has 0 atom stereocenters. The number of aliphatic hydroxyl groups excluding tert-OH is 2. The molecule has 244 valence electrons. The Labute approximate surface area is 270 Å². The highest BCUT2D eigenvalue weighted by Gasteiger charge is 2.12. The second-order valence-corrected chi connectivity index (χ2v) is 10.2. The van der Waals surface area contributed by atoms with Gasteiger partial charge in [-0.15, -0.1) is 6.58 Å². The van der Waals surface area contributed by atoms with Crippen molar-refractivity contribution in [2.24, 2.45) is 0 Å². The summed E-state index contributed by atoms with van der Waals surface area (Å²) in [7, 11) is 0. The van der Waals surface area contributed by atoms with Gasteiger partial charge in [-0.3, -0.25) is 0 Å². The average Bonchev–Trinajstić information content (AvgIpc) is 3.09. The van der Waals surface area contributed by atoms with Gasteiger partial charge in [-0.1, -0.05) is 55.6 Å². The molecule has 0 saturated carbocycles. The van der Waals surface area contributed by atoms with E-state index in [2.05, 4.69) is 19.7 Å². The Balaban J connectivity index is 1.74. The molecule has 0 radical (unpaired) electrons. The molecule has 3 aromatic rings. The third kappa shape index (κ3) is 11.6. The van der Waals surface area contributed by atoms with Gasteiger partial charge in [0.05, 0.1) is 31.0 Å². The Kier molecular flexibility index (Phi) is 15.1. The Morgan fingerprint density at radius 1 is 0.630 bits per heavy atom.